The van der Waals surface area contributed by atoms with Gasteiger partial charge in [0.15, 0.2) is 23.1 Å². The number of hydrogen-bond acceptors (Lipinski definition) is 3. The van der Waals surface area contributed by atoms with Gasteiger partial charge in [0.25, 0.3) is 0 Å². The summed E-state index contributed by atoms with van der Waals surface area (Å²) in [5, 5.41) is 0. The van der Waals surface area contributed by atoms with Gasteiger partial charge < -0.3 is 9.47 Å². The first-order valence-corrected chi connectivity index (χ1v) is 11.5. The van der Waals surface area contributed by atoms with Crippen LogP contribution in [0.15, 0.2) is 48.5 Å². The van der Waals surface area contributed by atoms with Crippen LogP contribution in [-0.4, -0.2) is 12.6 Å². The van der Waals surface area contributed by atoms with Crippen molar-refractivity contribution in [2.24, 2.45) is 0 Å². The minimum absolute atomic E-state index is 0.125. The maximum atomic E-state index is 14.9. The molecule has 0 saturated carbocycles. The van der Waals surface area contributed by atoms with E-state index in [1.54, 1.807) is 19.1 Å². The van der Waals surface area contributed by atoms with Crippen LogP contribution in [0.5, 0.6) is 11.5 Å². The molecule has 8 heteroatoms. The zero-order chi connectivity index (χ0) is 26.0. The minimum atomic E-state index is -1.39. The number of aryl methyl sites for hydroxylation is 1. The van der Waals surface area contributed by atoms with E-state index in [1.165, 1.54) is 25.1 Å². The van der Waals surface area contributed by atoms with Gasteiger partial charge in [-0.2, -0.15) is 8.78 Å². The number of halogens is 5. The summed E-state index contributed by atoms with van der Waals surface area (Å²) in [5.74, 6) is -7.34. The molecule has 0 radical (unpaired) electrons. The maximum Gasteiger partial charge on any atom is 0.343 e. The van der Waals surface area contributed by atoms with Crippen molar-refractivity contribution < 1.29 is 36.2 Å². The largest absolute Gasteiger partial charge is 0.491 e. The third kappa shape index (κ3) is 4.98. The van der Waals surface area contributed by atoms with Gasteiger partial charge in [-0.3, -0.25) is 0 Å². The molecule has 3 nitrogen and oxygen atoms in total. The number of allylic oxidation sites excluding steroid dienone is 2. The Morgan fingerprint density at radius 1 is 0.917 bits per heavy atom. The summed E-state index contributed by atoms with van der Waals surface area (Å²) in [6.45, 7) is 3.23. The number of esters is 1. The van der Waals surface area contributed by atoms with Gasteiger partial charge in [0.05, 0.1) is 12.2 Å². The Morgan fingerprint density at radius 3 is 2.31 bits per heavy atom. The second kappa shape index (κ2) is 10.5. The molecule has 1 aliphatic rings. The van der Waals surface area contributed by atoms with E-state index in [9.17, 15) is 26.7 Å². The van der Waals surface area contributed by atoms with Gasteiger partial charge in [-0.25, -0.2) is 18.0 Å². The number of carbonyl (C=O) groups is 1. The van der Waals surface area contributed by atoms with Crippen molar-refractivity contribution in [3.63, 3.8) is 0 Å². The monoisotopic (exact) mass is 502 g/mol. The molecule has 0 saturated heterocycles. The van der Waals surface area contributed by atoms with E-state index in [4.69, 9.17) is 9.47 Å². The lowest BCUT2D eigenvalue weighted by Crippen LogP contribution is -2.12. The predicted octanol–water partition coefficient (Wildman–Crippen LogP) is 7.66. The predicted molar refractivity (Wildman–Crippen MR) is 125 cm³/mol. The van der Waals surface area contributed by atoms with Gasteiger partial charge in [-0.1, -0.05) is 24.3 Å². The number of carbonyl (C=O) groups excluding carboxylic acids is 1. The van der Waals surface area contributed by atoms with E-state index in [0.717, 1.165) is 18.2 Å². The number of ether oxygens (including phenoxy) is 2. The van der Waals surface area contributed by atoms with Crippen molar-refractivity contribution in [1.82, 2.24) is 0 Å². The topological polar surface area (TPSA) is 35.5 Å². The van der Waals surface area contributed by atoms with Crippen LogP contribution >= 0.6 is 0 Å². The Morgan fingerprint density at radius 2 is 1.64 bits per heavy atom. The average molecular weight is 502 g/mol. The van der Waals surface area contributed by atoms with E-state index in [2.05, 4.69) is 0 Å². The summed E-state index contributed by atoms with van der Waals surface area (Å²) in [4.78, 5) is 12.4. The molecule has 0 heterocycles. The molecule has 3 aromatic carbocycles. The van der Waals surface area contributed by atoms with Crippen LogP contribution in [0.4, 0.5) is 22.0 Å². The van der Waals surface area contributed by atoms with Crippen molar-refractivity contribution in [2.45, 2.75) is 39.0 Å². The van der Waals surface area contributed by atoms with Crippen molar-refractivity contribution in [3.8, 4) is 11.5 Å². The lowest BCUT2D eigenvalue weighted by Gasteiger charge is -2.23. The van der Waals surface area contributed by atoms with Gasteiger partial charge in [-0.05, 0) is 80.0 Å². The molecule has 0 amide bonds. The Balaban J connectivity index is 1.48. The fourth-order valence-electron chi connectivity index (χ4n) is 4.26. The molecular formula is C28H23F5O3. The summed E-state index contributed by atoms with van der Waals surface area (Å²) in [5.41, 5.74) is 1.29. The fourth-order valence-corrected chi connectivity index (χ4v) is 4.26. The molecule has 1 unspecified atom stereocenters. The molecule has 188 valence electrons. The quantitative estimate of drug-likeness (QED) is 0.197. The Kier molecular flexibility index (Phi) is 7.43. The van der Waals surface area contributed by atoms with E-state index >= 15 is 0 Å². The van der Waals surface area contributed by atoms with Gasteiger partial charge in [-0.15, -0.1) is 0 Å². The van der Waals surface area contributed by atoms with Crippen LogP contribution in [0.2, 0.25) is 0 Å². The molecule has 1 aliphatic carbocycles. The lowest BCUT2D eigenvalue weighted by atomic mass is 9.82. The van der Waals surface area contributed by atoms with Crippen LogP contribution in [0.1, 0.15) is 59.2 Å². The van der Waals surface area contributed by atoms with Crippen LogP contribution in [0.25, 0.3) is 5.57 Å². The first-order valence-electron chi connectivity index (χ1n) is 11.5. The zero-order valence-electron chi connectivity index (χ0n) is 19.6. The number of benzene rings is 3. The Hall–Kier alpha value is -3.68. The molecule has 0 aromatic heterocycles. The van der Waals surface area contributed by atoms with E-state index < -0.39 is 40.8 Å². The number of hydrogen-bond donors (Lipinski definition) is 0. The molecule has 3 aromatic rings. The van der Waals surface area contributed by atoms with Crippen LogP contribution < -0.4 is 9.47 Å². The zero-order valence-corrected chi connectivity index (χ0v) is 19.6. The van der Waals surface area contributed by atoms with Gasteiger partial charge >= 0.3 is 5.97 Å². The third-order valence-corrected chi connectivity index (χ3v) is 6.22. The highest BCUT2D eigenvalue weighted by Gasteiger charge is 2.24. The SMILES string of the molecule is CCOc1ccc(OC(=O)c2ccc(C3=CCC(c4ccc(C)c(F)c4F)CC3)c(F)c2)c(F)c1F. The average Bonchev–Trinajstić information content (AvgIpc) is 2.87. The standard InChI is InChI=1S/C28H23F5O3/c1-3-35-22-12-13-23(27(33)26(22)32)36-28(34)18-9-11-19(21(29)14-18)16-5-7-17(8-6-16)20-10-4-15(2)24(30)25(20)31/h4-5,9-14,17H,3,6-8H2,1-2H3. The molecule has 0 bridgehead atoms. The normalized spacial score (nSPS) is 15.4. The Bertz CT molecular complexity index is 1350. The first kappa shape index (κ1) is 25.4. The molecule has 36 heavy (non-hydrogen) atoms. The molecular weight excluding hydrogens is 479 g/mol. The lowest BCUT2D eigenvalue weighted by molar-refractivity contribution is 0.0725. The first-order chi connectivity index (χ1) is 17.2. The second-order valence-electron chi connectivity index (χ2n) is 8.51. The Labute approximate surface area is 205 Å². The summed E-state index contributed by atoms with van der Waals surface area (Å²) >= 11 is 0. The summed E-state index contributed by atoms with van der Waals surface area (Å²) in [7, 11) is 0. The minimum Gasteiger partial charge on any atom is -0.491 e. The smallest absolute Gasteiger partial charge is 0.343 e. The fraction of sp³-hybridized carbons (Fsp3) is 0.250. The van der Waals surface area contributed by atoms with Gasteiger partial charge in [0, 0.05) is 5.56 Å². The van der Waals surface area contributed by atoms with Crippen molar-refractivity contribution in [1.29, 1.82) is 0 Å². The number of rotatable bonds is 6. The second-order valence-corrected chi connectivity index (χ2v) is 8.51. The summed E-state index contributed by atoms with van der Waals surface area (Å²) in [6.07, 6.45) is 3.11. The van der Waals surface area contributed by atoms with Crippen molar-refractivity contribution in [3.05, 3.63) is 99.9 Å². The van der Waals surface area contributed by atoms with Crippen molar-refractivity contribution >= 4 is 11.5 Å². The van der Waals surface area contributed by atoms with Crippen molar-refractivity contribution in [2.75, 3.05) is 6.61 Å². The molecule has 0 fully saturated rings. The van der Waals surface area contributed by atoms with Gasteiger partial charge in [0.2, 0.25) is 11.6 Å². The van der Waals surface area contributed by atoms with Gasteiger partial charge in [0.1, 0.15) is 5.82 Å². The maximum absolute atomic E-state index is 14.9. The molecule has 0 aliphatic heterocycles. The molecule has 4 rings (SSSR count). The van der Waals surface area contributed by atoms with Crippen LogP contribution in [0, 0.1) is 36.0 Å². The van der Waals surface area contributed by atoms with Crippen LogP contribution in [0.3, 0.4) is 0 Å². The van der Waals surface area contributed by atoms with Crippen LogP contribution in [-0.2, 0) is 0 Å². The van der Waals surface area contributed by atoms with E-state index in [0.29, 0.717) is 30.4 Å². The highest BCUT2D eigenvalue weighted by atomic mass is 19.2. The molecule has 0 spiro atoms. The molecule has 0 N–H and O–H groups in total. The van der Waals surface area contributed by atoms with E-state index in [1.807, 2.05) is 0 Å². The summed E-state index contributed by atoms with van der Waals surface area (Å²) in [6, 6.07) is 8.99. The molecule has 1 atom stereocenters. The highest BCUT2D eigenvalue weighted by Crippen LogP contribution is 2.38. The summed E-state index contributed by atoms with van der Waals surface area (Å²) < 4.78 is 81.3. The third-order valence-electron chi connectivity index (χ3n) is 6.22. The van der Waals surface area contributed by atoms with E-state index in [-0.39, 0.29) is 35.0 Å². The highest BCUT2D eigenvalue weighted by molar-refractivity contribution is 5.91.